The molecular formula is C19H28O2. The van der Waals surface area contributed by atoms with Crippen LogP contribution < -0.4 is 0 Å². The van der Waals surface area contributed by atoms with Crippen LogP contribution in [0.25, 0.3) is 0 Å². The Kier molecular flexibility index (Phi) is 5.21. The first kappa shape index (κ1) is 16.2. The van der Waals surface area contributed by atoms with Gasteiger partial charge in [0, 0.05) is 13.0 Å². The smallest absolute Gasteiger partial charge is 0.162 e. The van der Waals surface area contributed by atoms with Crippen LogP contribution in [-0.4, -0.2) is 18.5 Å². The highest BCUT2D eigenvalue weighted by atomic mass is 16.5. The second kappa shape index (κ2) is 6.74. The van der Waals surface area contributed by atoms with Gasteiger partial charge in [0.1, 0.15) is 6.10 Å². The van der Waals surface area contributed by atoms with Crippen molar-refractivity contribution in [2.24, 2.45) is 5.41 Å². The van der Waals surface area contributed by atoms with E-state index in [4.69, 9.17) is 4.74 Å². The monoisotopic (exact) mass is 288 g/mol. The predicted octanol–water partition coefficient (Wildman–Crippen LogP) is 4.52. The van der Waals surface area contributed by atoms with Gasteiger partial charge in [0.15, 0.2) is 5.78 Å². The van der Waals surface area contributed by atoms with Crippen molar-refractivity contribution >= 4 is 5.78 Å². The van der Waals surface area contributed by atoms with Gasteiger partial charge in [0.25, 0.3) is 0 Å². The lowest BCUT2D eigenvalue weighted by molar-refractivity contribution is -0.137. The lowest BCUT2D eigenvalue weighted by Gasteiger charge is -2.32. The van der Waals surface area contributed by atoms with Gasteiger partial charge < -0.3 is 4.74 Å². The van der Waals surface area contributed by atoms with Crippen molar-refractivity contribution in [3.63, 3.8) is 0 Å². The van der Waals surface area contributed by atoms with Crippen molar-refractivity contribution < 1.29 is 9.53 Å². The Balaban J connectivity index is 2.13. The summed E-state index contributed by atoms with van der Waals surface area (Å²) in [4.78, 5) is 12.7. The van der Waals surface area contributed by atoms with E-state index in [1.807, 2.05) is 6.92 Å². The molecule has 0 radical (unpaired) electrons. The molecule has 2 nitrogen and oxygen atoms in total. The van der Waals surface area contributed by atoms with Crippen molar-refractivity contribution in [2.45, 2.75) is 65.4 Å². The Bertz CT molecular complexity index is 485. The van der Waals surface area contributed by atoms with Gasteiger partial charge in [0.05, 0.1) is 0 Å². The SMILES string of the molecule is CCOC(C(=O)CC1CCCc2ccccc21)C(C)(C)C. The summed E-state index contributed by atoms with van der Waals surface area (Å²) >= 11 is 0. The quantitative estimate of drug-likeness (QED) is 0.796. The van der Waals surface area contributed by atoms with Crippen LogP contribution in [0.4, 0.5) is 0 Å². The summed E-state index contributed by atoms with van der Waals surface area (Å²) in [5.74, 6) is 0.624. The van der Waals surface area contributed by atoms with Gasteiger partial charge in [-0.05, 0) is 48.6 Å². The van der Waals surface area contributed by atoms with Gasteiger partial charge >= 0.3 is 0 Å². The van der Waals surface area contributed by atoms with Crippen LogP contribution in [0.3, 0.4) is 0 Å². The van der Waals surface area contributed by atoms with E-state index in [0.29, 0.717) is 18.9 Å². The largest absolute Gasteiger partial charge is 0.370 e. The number of hydrogen-bond acceptors (Lipinski definition) is 2. The normalized spacial score (nSPS) is 19.9. The zero-order valence-corrected chi connectivity index (χ0v) is 13.8. The molecule has 1 aliphatic carbocycles. The van der Waals surface area contributed by atoms with Crippen molar-refractivity contribution in [1.82, 2.24) is 0 Å². The highest BCUT2D eigenvalue weighted by Crippen LogP contribution is 2.35. The fraction of sp³-hybridized carbons (Fsp3) is 0.632. The Morgan fingerprint density at radius 3 is 2.71 bits per heavy atom. The molecule has 1 aliphatic rings. The van der Waals surface area contributed by atoms with Gasteiger partial charge in [-0.2, -0.15) is 0 Å². The van der Waals surface area contributed by atoms with Crippen molar-refractivity contribution in [3.8, 4) is 0 Å². The molecule has 0 heterocycles. The van der Waals surface area contributed by atoms with E-state index in [2.05, 4.69) is 45.0 Å². The topological polar surface area (TPSA) is 26.3 Å². The summed E-state index contributed by atoms with van der Waals surface area (Å²) in [6.07, 6.45) is 3.76. The molecule has 0 bridgehead atoms. The van der Waals surface area contributed by atoms with E-state index in [-0.39, 0.29) is 17.3 Å². The summed E-state index contributed by atoms with van der Waals surface area (Å²) in [5.41, 5.74) is 2.66. The maximum atomic E-state index is 12.7. The van der Waals surface area contributed by atoms with Crippen molar-refractivity contribution in [3.05, 3.63) is 35.4 Å². The summed E-state index contributed by atoms with van der Waals surface area (Å²) in [6, 6.07) is 8.58. The molecule has 2 rings (SSSR count). The highest BCUT2D eigenvalue weighted by molar-refractivity contribution is 5.84. The molecule has 2 atom stereocenters. The van der Waals surface area contributed by atoms with Crippen LogP contribution in [-0.2, 0) is 16.0 Å². The number of ketones is 1. The molecule has 116 valence electrons. The molecule has 0 aliphatic heterocycles. The molecule has 0 saturated carbocycles. The van der Waals surface area contributed by atoms with E-state index in [1.54, 1.807) is 0 Å². The minimum Gasteiger partial charge on any atom is -0.370 e. The minimum absolute atomic E-state index is 0.138. The number of fused-ring (bicyclic) bond motifs is 1. The number of hydrogen-bond donors (Lipinski definition) is 0. The maximum absolute atomic E-state index is 12.7. The first-order chi connectivity index (χ1) is 9.93. The van der Waals surface area contributed by atoms with E-state index in [9.17, 15) is 4.79 Å². The van der Waals surface area contributed by atoms with Gasteiger partial charge in [-0.1, -0.05) is 45.0 Å². The van der Waals surface area contributed by atoms with Crippen molar-refractivity contribution in [1.29, 1.82) is 0 Å². The van der Waals surface area contributed by atoms with Gasteiger partial charge in [-0.15, -0.1) is 0 Å². The lowest BCUT2D eigenvalue weighted by Crippen LogP contribution is -2.38. The van der Waals surface area contributed by atoms with Crippen LogP contribution in [0.1, 0.15) is 64.0 Å². The van der Waals surface area contributed by atoms with Crippen molar-refractivity contribution in [2.75, 3.05) is 6.61 Å². The molecule has 0 saturated heterocycles. The van der Waals surface area contributed by atoms with Gasteiger partial charge in [-0.3, -0.25) is 4.79 Å². The number of aryl methyl sites for hydroxylation is 1. The van der Waals surface area contributed by atoms with Crippen LogP contribution in [0, 0.1) is 5.41 Å². The third kappa shape index (κ3) is 3.94. The summed E-state index contributed by atoms with van der Waals surface area (Å²) in [5, 5.41) is 0. The van der Waals surface area contributed by atoms with Crippen LogP contribution >= 0.6 is 0 Å². The number of rotatable bonds is 5. The maximum Gasteiger partial charge on any atom is 0.162 e. The average Bonchev–Trinajstić information content (AvgIpc) is 2.44. The number of Topliss-reactive ketones (excluding diaryl/α,β-unsaturated/α-hetero) is 1. The molecular weight excluding hydrogens is 260 g/mol. The molecule has 1 aromatic rings. The first-order valence-electron chi connectivity index (χ1n) is 8.15. The fourth-order valence-electron chi connectivity index (χ4n) is 3.41. The van der Waals surface area contributed by atoms with E-state index >= 15 is 0 Å². The molecule has 0 aromatic heterocycles. The lowest BCUT2D eigenvalue weighted by atomic mass is 9.77. The molecule has 1 aromatic carbocycles. The summed E-state index contributed by atoms with van der Waals surface area (Å²) in [7, 11) is 0. The van der Waals surface area contributed by atoms with Gasteiger partial charge in [0.2, 0.25) is 0 Å². The number of ether oxygens (including phenoxy) is 1. The molecule has 0 amide bonds. The summed E-state index contributed by atoms with van der Waals surface area (Å²) in [6.45, 7) is 8.80. The zero-order chi connectivity index (χ0) is 15.5. The molecule has 0 spiro atoms. The van der Waals surface area contributed by atoms with Crippen LogP contribution in [0.15, 0.2) is 24.3 Å². The zero-order valence-electron chi connectivity index (χ0n) is 13.8. The third-order valence-electron chi connectivity index (χ3n) is 4.35. The Labute approximate surface area is 128 Å². The first-order valence-corrected chi connectivity index (χ1v) is 8.15. The van der Waals surface area contributed by atoms with E-state index in [1.165, 1.54) is 17.5 Å². The third-order valence-corrected chi connectivity index (χ3v) is 4.35. The molecule has 0 fully saturated rings. The average molecular weight is 288 g/mol. The standard InChI is InChI=1S/C19H28O2/c1-5-21-18(19(2,3)4)17(20)13-15-11-8-10-14-9-6-7-12-16(14)15/h6-7,9,12,15,18H,5,8,10-11,13H2,1-4H3. The number of carbonyl (C=O) groups excluding carboxylic acids is 1. The van der Waals surface area contributed by atoms with E-state index < -0.39 is 0 Å². The summed E-state index contributed by atoms with van der Waals surface area (Å²) < 4.78 is 5.75. The highest BCUT2D eigenvalue weighted by Gasteiger charge is 2.34. The Morgan fingerprint density at radius 2 is 2.05 bits per heavy atom. The number of carbonyl (C=O) groups is 1. The Morgan fingerprint density at radius 1 is 1.33 bits per heavy atom. The second-order valence-electron chi connectivity index (χ2n) is 7.16. The number of benzene rings is 1. The van der Waals surface area contributed by atoms with Crippen LogP contribution in [0.5, 0.6) is 0 Å². The molecule has 0 N–H and O–H groups in total. The van der Waals surface area contributed by atoms with E-state index in [0.717, 1.165) is 12.8 Å². The minimum atomic E-state index is -0.295. The van der Waals surface area contributed by atoms with Gasteiger partial charge in [-0.25, -0.2) is 0 Å². The molecule has 21 heavy (non-hydrogen) atoms. The molecule has 2 heteroatoms. The fourth-order valence-corrected chi connectivity index (χ4v) is 3.41. The molecule has 2 unspecified atom stereocenters. The Hall–Kier alpha value is -1.15. The van der Waals surface area contributed by atoms with Crippen LogP contribution in [0.2, 0.25) is 0 Å². The predicted molar refractivity (Wildman–Crippen MR) is 86.6 cm³/mol. The second-order valence-corrected chi connectivity index (χ2v) is 7.16.